The molecule has 0 amide bonds. The van der Waals surface area contributed by atoms with Gasteiger partial charge in [0.15, 0.2) is 0 Å². The second-order valence-electron chi connectivity index (χ2n) is 3.97. The molecular formula is C12H16N2O. The standard InChI is InChI=1S/C12H16N2O/c1-7-5-10-9(3-4-13)8(2)14-12(10)11(15)6-7/h5-6,14-15H,3-4,13H2,1-2H3. The lowest BCUT2D eigenvalue weighted by molar-refractivity contribution is 0.480. The van der Waals surface area contributed by atoms with Crippen molar-refractivity contribution in [1.29, 1.82) is 0 Å². The third-order valence-corrected chi connectivity index (χ3v) is 2.75. The van der Waals surface area contributed by atoms with Crippen molar-refractivity contribution in [1.82, 2.24) is 4.98 Å². The molecule has 0 aliphatic carbocycles. The van der Waals surface area contributed by atoms with Gasteiger partial charge in [-0.15, -0.1) is 0 Å². The molecular weight excluding hydrogens is 188 g/mol. The van der Waals surface area contributed by atoms with Gasteiger partial charge in [0.25, 0.3) is 0 Å². The summed E-state index contributed by atoms with van der Waals surface area (Å²) in [5.41, 5.74) is 9.78. The fourth-order valence-electron chi connectivity index (χ4n) is 2.07. The second-order valence-corrected chi connectivity index (χ2v) is 3.97. The van der Waals surface area contributed by atoms with Crippen LogP contribution in [0, 0.1) is 13.8 Å². The normalized spacial score (nSPS) is 11.1. The van der Waals surface area contributed by atoms with Gasteiger partial charge >= 0.3 is 0 Å². The molecule has 0 atom stereocenters. The average Bonchev–Trinajstić information content (AvgIpc) is 2.46. The zero-order chi connectivity index (χ0) is 11.0. The summed E-state index contributed by atoms with van der Waals surface area (Å²) in [6, 6.07) is 3.86. The number of aryl methyl sites for hydroxylation is 2. The zero-order valence-electron chi connectivity index (χ0n) is 9.09. The molecule has 2 rings (SSSR count). The molecule has 1 aromatic carbocycles. The van der Waals surface area contributed by atoms with E-state index >= 15 is 0 Å². The topological polar surface area (TPSA) is 62.0 Å². The number of aromatic hydroxyl groups is 1. The summed E-state index contributed by atoms with van der Waals surface area (Å²) < 4.78 is 0. The number of rotatable bonds is 2. The van der Waals surface area contributed by atoms with Crippen LogP contribution in [0.25, 0.3) is 10.9 Å². The van der Waals surface area contributed by atoms with Gasteiger partial charge in [-0.3, -0.25) is 0 Å². The van der Waals surface area contributed by atoms with Gasteiger partial charge < -0.3 is 15.8 Å². The highest BCUT2D eigenvalue weighted by Gasteiger charge is 2.10. The van der Waals surface area contributed by atoms with Crippen LogP contribution in [-0.2, 0) is 6.42 Å². The first kappa shape index (κ1) is 10.1. The van der Waals surface area contributed by atoms with Crippen LogP contribution in [0.4, 0.5) is 0 Å². The molecule has 0 radical (unpaired) electrons. The number of phenolic OH excluding ortho intramolecular Hbond substituents is 1. The van der Waals surface area contributed by atoms with Crippen LogP contribution < -0.4 is 5.73 Å². The van der Waals surface area contributed by atoms with E-state index in [0.29, 0.717) is 12.3 Å². The monoisotopic (exact) mass is 204 g/mol. The number of nitrogens with two attached hydrogens (primary N) is 1. The summed E-state index contributed by atoms with van der Waals surface area (Å²) in [5, 5.41) is 10.9. The Kier molecular flexibility index (Phi) is 2.40. The molecule has 3 heteroatoms. The number of aromatic amines is 1. The maximum atomic E-state index is 9.80. The van der Waals surface area contributed by atoms with E-state index in [4.69, 9.17) is 5.73 Å². The summed E-state index contributed by atoms with van der Waals surface area (Å²) in [7, 11) is 0. The number of fused-ring (bicyclic) bond motifs is 1. The quantitative estimate of drug-likeness (QED) is 0.700. The summed E-state index contributed by atoms with van der Waals surface area (Å²) in [6.07, 6.45) is 0.842. The fourth-order valence-corrected chi connectivity index (χ4v) is 2.07. The van der Waals surface area contributed by atoms with E-state index in [1.165, 1.54) is 5.56 Å². The lowest BCUT2D eigenvalue weighted by Crippen LogP contribution is -2.03. The number of phenols is 1. The average molecular weight is 204 g/mol. The van der Waals surface area contributed by atoms with Gasteiger partial charge in [-0.25, -0.2) is 0 Å². The van der Waals surface area contributed by atoms with E-state index < -0.39 is 0 Å². The van der Waals surface area contributed by atoms with Crippen LogP contribution in [0.15, 0.2) is 12.1 Å². The van der Waals surface area contributed by atoms with Crippen molar-refractivity contribution >= 4 is 10.9 Å². The van der Waals surface area contributed by atoms with Crippen LogP contribution in [0.5, 0.6) is 5.75 Å². The highest BCUT2D eigenvalue weighted by Crippen LogP contribution is 2.30. The van der Waals surface area contributed by atoms with Crippen LogP contribution >= 0.6 is 0 Å². The van der Waals surface area contributed by atoms with Crippen molar-refractivity contribution < 1.29 is 5.11 Å². The number of nitrogens with one attached hydrogen (secondary N) is 1. The Balaban J connectivity index is 2.74. The van der Waals surface area contributed by atoms with E-state index in [-0.39, 0.29) is 0 Å². The first-order chi connectivity index (χ1) is 7.13. The van der Waals surface area contributed by atoms with Crippen molar-refractivity contribution in [2.24, 2.45) is 5.73 Å². The Morgan fingerprint density at radius 2 is 2.07 bits per heavy atom. The smallest absolute Gasteiger partial charge is 0.139 e. The molecule has 0 bridgehead atoms. The van der Waals surface area contributed by atoms with E-state index in [1.807, 2.05) is 13.8 Å². The summed E-state index contributed by atoms with van der Waals surface area (Å²) in [5.74, 6) is 0.316. The molecule has 3 nitrogen and oxygen atoms in total. The van der Waals surface area contributed by atoms with E-state index in [1.54, 1.807) is 6.07 Å². The van der Waals surface area contributed by atoms with Crippen LogP contribution in [0.1, 0.15) is 16.8 Å². The Morgan fingerprint density at radius 1 is 1.33 bits per heavy atom. The molecule has 0 spiro atoms. The van der Waals surface area contributed by atoms with E-state index in [0.717, 1.165) is 28.6 Å². The first-order valence-electron chi connectivity index (χ1n) is 5.14. The zero-order valence-corrected chi connectivity index (χ0v) is 9.09. The largest absolute Gasteiger partial charge is 0.506 e. The summed E-state index contributed by atoms with van der Waals surface area (Å²) in [6.45, 7) is 4.62. The molecule has 1 aromatic heterocycles. The Morgan fingerprint density at radius 3 is 2.73 bits per heavy atom. The predicted molar refractivity (Wildman–Crippen MR) is 62.2 cm³/mol. The van der Waals surface area contributed by atoms with Crippen molar-refractivity contribution in [2.75, 3.05) is 6.54 Å². The molecule has 1 heterocycles. The molecule has 0 unspecified atom stereocenters. The number of H-pyrrole nitrogens is 1. The molecule has 15 heavy (non-hydrogen) atoms. The fraction of sp³-hybridized carbons (Fsp3) is 0.333. The lowest BCUT2D eigenvalue weighted by atomic mass is 10.1. The molecule has 0 saturated carbocycles. The van der Waals surface area contributed by atoms with Crippen molar-refractivity contribution in [3.63, 3.8) is 0 Å². The molecule has 0 aliphatic rings. The van der Waals surface area contributed by atoms with Gasteiger partial charge in [0, 0.05) is 11.1 Å². The minimum atomic E-state index is 0.316. The molecule has 0 aliphatic heterocycles. The highest BCUT2D eigenvalue weighted by atomic mass is 16.3. The minimum Gasteiger partial charge on any atom is -0.506 e. The van der Waals surface area contributed by atoms with Gasteiger partial charge in [0.05, 0.1) is 5.52 Å². The number of aromatic nitrogens is 1. The third-order valence-electron chi connectivity index (χ3n) is 2.75. The van der Waals surface area contributed by atoms with Gasteiger partial charge in [-0.2, -0.15) is 0 Å². The SMILES string of the molecule is Cc1cc(O)c2[nH]c(C)c(CCN)c2c1. The van der Waals surface area contributed by atoms with Crippen LogP contribution in [-0.4, -0.2) is 16.6 Å². The molecule has 0 fully saturated rings. The maximum absolute atomic E-state index is 9.80. The van der Waals surface area contributed by atoms with Crippen molar-refractivity contribution in [3.8, 4) is 5.75 Å². The van der Waals surface area contributed by atoms with Gasteiger partial charge in [0.2, 0.25) is 0 Å². The van der Waals surface area contributed by atoms with Gasteiger partial charge in [-0.05, 0) is 50.1 Å². The van der Waals surface area contributed by atoms with Crippen molar-refractivity contribution in [3.05, 3.63) is 29.0 Å². The predicted octanol–water partition coefficient (Wildman–Crippen LogP) is 1.99. The number of hydrogen-bond acceptors (Lipinski definition) is 2. The van der Waals surface area contributed by atoms with E-state index in [2.05, 4.69) is 11.1 Å². The van der Waals surface area contributed by atoms with Gasteiger partial charge in [0.1, 0.15) is 5.75 Å². The summed E-state index contributed by atoms with van der Waals surface area (Å²) >= 11 is 0. The molecule has 80 valence electrons. The molecule has 4 N–H and O–H groups in total. The first-order valence-corrected chi connectivity index (χ1v) is 5.14. The van der Waals surface area contributed by atoms with Crippen LogP contribution in [0.2, 0.25) is 0 Å². The lowest BCUT2D eigenvalue weighted by Gasteiger charge is -2.00. The summed E-state index contributed by atoms with van der Waals surface area (Å²) in [4.78, 5) is 3.20. The Bertz CT molecular complexity index is 500. The van der Waals surface area contributed by atoms with E-state index in [9.17, 15) is 5.11 Å². The minimum absolute atomic E-state index is 0.316. The Labute approximate surface area is 88.9 Å². The van der Waals surface area contributed by atoms with Gasteiger partial charge in [-0.1, -0.05) is 0 Å². The maximum Gasteiger partial charge on any atom is 0.139 e. The second kappa shape index (κ2) is 3.59. The van der Waals surface area contributed by atoms with Crippen LogP contribution in [0.3, 0.4) is 0 Å². The molecule has 2 aromatic rings. The number of benzene rings is 1. The Hall–Kier alpha value is -1.48. The highest BCUT2D eigenvalue weighted by molar-refractivity contribution is 5.90. The molecule has 0 saturated heterocycles. The van der Waals surface area contributed by atoms with Crippen molar-refractivity contribution in [2.45, 2.75) is 20.3 Å². The third kappa shape index (κ3) is 1.59. The number of hydrogen-bond donors (Lipinski definition) is 3.